The highest BCUT2D eigenvalue weighted by Crippen LogP contribution is 2.22. The fourth-order valence-electron chi connectivity index (χ4n) is 3.27. The van der Waals surface area contributed by atoms with Crippen LogP contribution >= 0.6 is 0 Å². The zero-order valence-electron chi connectivity index (χ0n) is 15.1. The minimum absolute atomic E-state index is 0.0720. The molecule has 0 amide bonds. The number of ketones is 1. The van der Waals surface area contributed by atoms with Crippen LogP contribution in [0, 0.1) is 33.6 Å². The lowest BCUT2D eigenvalue weighted by Crippen LogP contribution is -2.20. The lowest BCUT2D eigenvalue weighted by atomic mass is 9.85. The molecule has 122 valence electrons. The molecular weight excluding hydrogens is 280 g/mol. The van der Waals surface area contributed by atoms with Gasteiger partial charge in [-0.2, -0.15) is 0 Å². The number of rotatable bonds is 6. The molecule has 2 rings (SSSR count). The van der Waals surface area contributed by atoms with E-state index >= 15 is 0 Å². The summed E-state index contributed by atoms with van der Waals surface area (Å²) in [5, 5.41) is 0. The summed E-state index contributed by atoms with van der Waals surface area (Å²) in [6, 6.07) is 13.1. The van der Waals surface area contributed by atoms with Gasteiger partial charge in [-0.1, -0.05) is 54.4 Å². The van der Waals surface area contributed by atoms with E-state index in [4.69, 9.17) is 0 Å². The Balaban J connectivity index is 2.25. The van der Waals surface area contributed by atoms with Crippen LogP contribution in [-0.4, -0.2) is 5.78 Å². The van der Waals surface area contributed by atoms with Crippen molar-refractivity contribution in [3.8, 4) is 0 Å². The topological polar surface area (TPSA) is 17.1 Å². The van der Waals surface area contributed by atoms with Crippen LogP contribution in [0.1, 0.15) is 46.7 Å². The number of carbonyl (C=O) groups is 1. The largest absolute Gasteiger partial charge is 0.299 e. The molecule has 0 aliphatic heterocycles. The van der Waals surface area contributed by atoms with Gasteiger partial charge in [0.2, 0.25) is 0 Å². The molecule has 0 heterocycles. The molecule has 0 radical (unpaired) electrons. The van der Waals surface area contributed by atoms with Crippen LogP contribution in [-0.2, 0) is 17.6 Å². The molecule has 1 heteroatoms. The van der Waals surface area contributed by atoms with Crippen LogP contribution in [0.4, 0.5) is 0 Å². The Morgan fingerprint density at radius 2 is 1.26 bits per heavy atom. The van der Waals surface area contributed by atoms with Crippen molar-refractivity contribution < 1.29 is 4.79 Å². The SMILES string of the molecule is CCC(=O)C(Cc1ccc(C)cc1C)Cc1ccc(C)cc1C. The molecule has 0 spiro atoms. The second-order valence-electron chi connectivity index (χ2n) is 6.78. The van der Waals surface area contributed by atoms with E-state index in [1.165, 1.54) is 33.4 Å². The molecule has 0 unspecified atom stereocenters. The monoisotopic (exact) mass is 308 g/mol. The molecule has 0 fully saturated rings. The first-order valence-corrected chi connectivity index (χ1v) is 8.55. The van der Waals surface area contributed by atoms with Gasteiger partial charge in [0, 0.05) is 12.3 Å². The van der Waals surface area contributed by atoms with Gasteiger partial charge in [0.05, 0.1) is 0 Å². The smallest absolute Gasteiger partial charge is 0.136 e. The normalized spacial score (nSPS) is 11.0. The van der Waals surface area contributed by atoms with Crippen LogP contribution < -0.4 is 0 Å². The Kier molecular flexibility index (Phi) is 5.76. The molecule has 2 aromatic carbocycles. The fraction of sp³-hybridized carbons (Fsp3) is 0.409. The number of Topliss-reactive ketones (excluding diaryl/α,β-unsaturated/α-hetero) is 1. The highest BCUT2D eigenvalue weighted by Gasteiger charge is 2.19. The van der Waals surface area contributed by atoms with Gasteiger partial charge in [0.25, 0.3) is 0 Å². The van der Waals surface area contributed by atoms with Crippen molar-refractivity contribution in [1.29, 1.82) is 0 Å². The van der Waals surface area contributed by atoms with Crippen LogP contribution in [0.5, 0.6) is 0 Å². The second kappa shape index (κ2) is 7.59. The van der Waals surface area contributed by atoms with E-state index in [-0.39, 0.29) is 5.92 Å². The minimum atomic E-state index is 0.0720. The van der Waals surface area contributed by atoms with Crippen LogP contribution in [0.25, 0.3) is 0 Å². The molecule has 2 aromatic rings. The lowest BCUT2D eigenvalue weighted by Gasteiger charge is -2.18. The first-order chi connectivity index (χ1) is 10.9. The van der Waals surface area contributed by atoms with Crippen molar-refractivity contribution in [2.24, 2.45) is 5.92 Å². The zero-order valence-corrected chi connectivity index (χ0v) is 15.1. The summed E-state index contributed by atoms with van der Waals surface area (Å²) >= 11 is 0. The van der Waals surface area contributed by atoms with E-state index in [1.54, 1.807) is 0 Å². The van der Waals surface area contributed by atoms with Crippen molar-refractivity contribution in [2.45, 2.75) is 53.9 Å². The summed E-state index contributed by atoms with van der Waals surface area (Å²) in [6.07, 6.45) is 2.29. The summed E-state index contributed by atoms with van der Waals surface area (Å²) in [4.78, 5) is 12.5. The first kappa shape index (κ1) is 17.5. The number of hydrogen-bond acceptors (Lipinski definition) is 1. The molecular formula is C22H28O. The van der Waals surface area contributed by atoms with Gasteiger partial charge in [-0.05, 0) is 62.8 Å². The van der Waals surface area contributed by atoms with Gasteiger partial charge in [0.1, 0.15) is 5.78 Å². The Morgan fingerprint density at radius 1 is 0.826 bits per heavy atom. The van der Waals surface area contributed by atoms with Crippen molar-refractivity contribution in [3.05, 3.63) is 69.8 Å². The molecule has 23 heavy (non-hydrogen) atoms. The van der Waals surface area contributed by atoms with Crippen molar-refractivity contribution in [1.82, 2.24) is 0 Å². The quantitative estimate of drug-likeness (QED) is 0.707. The Labute approximate surface area is 140 Å². The molecule has 0 N–H and O–H groups in total. The maximum absolute atomic E-state index is 12.5. The second-order valence-corrected chi connectivity index (χ2v) is 6.78. The Morgan fingerprint density at radius 3 is 1.61 bits per heavy atom. The third-order valence-electron chi connectivity index (χ3n) is 4.73. The van der Waals surface area contributed by atoms with E-state index in [0.717, 1.165) is 12.8 Å². The average molecular weight is 308 g/mol. The maximum Gasteiger partial charge on any atom is 0.136 e. The standard InChI is InChI=1S/C22H28O/c1-6-22(23)21(13-19-9-7-15(2)11-17(19)4)14-20-10-8-16(3)12-18(20)5/h7-12,21H,6,13-14H2,1-5H3. The Bertz CT molecular complexity index is 644. The zero-order chi connectivity index (χ0) is 17.0. The summed E-state index contributed by atoms with van der Waals surface area (Å²) < 4.78 is 0. The van der Waals surface area contributed by atoms with Crippen LogP contribution in [0.15, 0.2) is 36.4 Å². The van der Waals surface area contributed by atoms with E-state index < -0.39 is 0 Å². The summed E-state index contributed by atoms with van der Waals surface area (Å²) in [5.41, 5.74) is 7.73. The Hall–Kier alpha value is -1.89. The maximum atomic E-state index is 12.5. The molecule has 0 aliphatic carbocycles. The van der Waals surface area contributed by atoms with Crippen molar-refractivity contribution >= 4 is 5.78 Å². The van der Waals surface area contributed by atoms with E-state index in [2.05, 4.69) is 64.1 Å². The van der Waals surface area contributed by atoms with Gasteiger partial charge in [-0.25, -0.2) is 0 Å². The average Bonchev–Trinajstić information content (AvgIpc) is 2.50. The third-order valence-corrected chi connectivity index (χ3v) is 4.73. The summed E-state index contributed by atoms with van der Waals surface area (Å²) in [5.74, 6) is 0.438. The van der Waals surface area contributed by atoms with E-state index in [9.17, 15) is 4.79 Å². The number of hydrogen-bond donors (Lipinski definition) is 0. The molecule has 0 saturated heterocycles. The van der Waals surface area contributed by atoms with Gasteiger partial charge < -0.3 is 0 Å². The summed E-state index contributed by atoms with van der Waals surface area (Å²) in [6.45, 7) is 10.5. The van der Waals surface area contributed by atoms with E-state index in [0.29, 0.717) is 12.2 Å². The number of benzene rings is 2. The highest BCUT2D eigenvalue weighted by atomic mass is 16.1. The van der Waals surface area contributed by atoms with Crippen LogP contribution in [0.2, 0.25) is 0 Å². The molecule has 0 saturated carbocycles. The first-order valence-electron chi connectivity index (χ1n) is 8.55. The highest BCUT2D eigenvalue weighted by molar-refractivity contribution is 5.81. The molecule has 0 atom stereocenters. The molecule has 0 aromatic heterocycles. The van der Waals surface area contributed by atoms with E-state index in [1.807, 2.05) is 6.92 Å². The van der Waals surface area contributed by atoms with Gasteiger partial charge in [0.15, 0.2) is 0 Å². The predicted molar refractivity (Wildman–Crippen MR) is 98.0 cm³/mol. The van der Waals surface area contributed by atoms with Gasteiger partial charge in [-0.3, -0.25) is 4.79 Å². The minimum Gasteiger partial charge on any atom is -0.299 e. The van der Waals surface area contributed by atoms with Gasteiger partial charge >= 0.3 is 0 Å². The fourth-order valence-corrected chi connectivity index (χ4v) is 3.27. The van der Waals surface area contributed by atoms with Crippen molar-refractivity contribution in [2.75, 3.05) is 0 Å². The molecule has 1 nitrogen and oxygen atoms in total. The van der Waals surface area contributed by atoms with Crippen LogP contribution in [0.3, 0.4) is 0 Å². The summed E-state index contributed by atoms with van der Waals surface area (Å²) in [7, 11) is 0. The predicted octanol–water partition coefficient (Wildman–Crippen LogP) is 5.30. The number of aryl methyl sites for hydroxylation is 4. The lowest BCUT2D eigenvalue weighted by molar-refractivity contribution is -0.122. The van der Waals surface area contributed by atoms with Crippen molar-refractivity contribution in [3.63, 3.8) is 0 Å². The molecule has 0 aliphatic rings. The molecule has 0 bridgehead atoms. The third kappa shape index (κ3) is 4.54. The van der Waals surface area contributed by atoms with Gasteiger partial charge in [-0.15, -0.1) is 0 Å². The number of carbonyl (C=O) groups excluding carboxylic acids is 1.